The van der Waals surface area contributed by atoms with Crippen molar-refractivity contribution in [2.75, 3.05) is 0 Å². The lowest BCUT2D eigenvalue weighted by atomic mass is 10.1. The molecule has 80 valence electrons. The molecule has 1 aromatic carbocycles. The lowest BCUT2D eigenvalue weighted by Gasteiger charge is -2.01. The molecular weight excluding hydrogens is 242 g/mol. The maximum absolute atomic E-state index is 11.8. The van der Waals surface area contributed by atoms with Gasteiger partial charge in [0.1, 0.15) is 0 Å². The van der Waals surface area contributed by atoms with Crippen LogP contribution >= 0.6 is 22.9 Å². The van der Waals surface area contributed by atoms with Crippen LogP contribution < -0.4 is 5.56 Å². The van der Waals surface area contributed by atoms with E-state index < -0.39 is 0 Å². The second-order valence-corrected chi connectivity index (χ2v) is 4.81. The molecule has 2 aromatic heterocycles. The summed E-state index contributed by atoms with van der Waals surface area (Å²) in [6.07, 6.45) is 0. The summed E-state index contributed by atoms with van der Waals surface area (Å²) in [5.41, 5.74) is 1.84. The van der Waals surface area contributed by atoms with Crippen molar-refractivity contribution in [1.82, 2.24) is 4.98 Å². The van der Waals surface area contributed by atoms with Gasteiger partial charge >= 0.3 is 0 Å². The van der Waals surface area contributed by atoms with E-state index in [0.717, 1.165) is 26.6 Å². The van der Waals surface area contributed by atoms with Crippen molar-refractivity contribution in [3.8, 4) is 0 Å². The molecule has 3 rings (SSSR count). The zero-order valence-electron chi connectivity index (χ0n) is 8.29. The van der Waals surface area contributed by atoms with Gasteiger partial charge in [0.25, 0.3) is 5.56 Å². The molecule has 0 spiro atoms. The maximum atomic E-state index is 11.8. The van der Waals surface area contributed by atoms with E-state index in [9.17, 15) is 4.79 Å². The largest absolute Gasteiger partial charge is 0.321 e. The zero-order chi connectivity index (χ0) is 11.1. The molecule has 0 aliphatic carbocycles. The first-order chi connectivity index (χ1) is 7.79. The molecule has 0 saturated carbocycles. The van der Waals surface area contributed by atoms with E-state index in [4.69, 9.17) is 11.6 Å². The van der Waals surface area contributed by atoms with Gasteiger partial charge in [-0.1, -0.05) is 12.1 Å². The summed E-state index contributed by atoms with van der Waals surface area (Å²) in [5, 5.41) is 3.78. The van der Waals surface area contributed by atoms with Crippen molar-refractivity contribution in [2.45, 2.75) is 5.88 Å². The lowest BCUT2D eigenvalue weighted by molar-refractivity contribution is 1.33. The summed E-state index contributed by atoms with van der Waals surface area (Å²) in [6, 6.07) is 7.80. The number of nitrogens with one attached hydrogen (secondary N) is 1. The van der Waals surface area contributed by atoms with Gasteiger partial charge in [0.2, 0.25) is 0 Å². The van der Waals surface area contributed by atoms with Gasteiger partial charge in [-0.05, 0) is 23.1 Å². The van der Waals surface area contributed by atoms with E-state index in [1.807, 2.05) is 29.6 Å². The third-order valence-corrected chi connectivity index (χ3v) is 3.90. The molecular formula is C12H8ClNOS. The highest BCUT2D eigenvalue weighted by Crippen LogP contribution is 2.26. The van der Waals surface area contributed by atoms with Gasteiger partial charge in [-0.15, -0.1) is 22.9 Å². The summed E-state index contributed by atoms with van der Waals surface area (Å²) >= 11 is 7.37. The average Bonchev–Trinajstić information content (AvgIpc) is 2.78. The Morgan fingerprint density at radius 2 is 2.12 bits per heavy atom. The molecule has 0 fully saturated rings. The van der Waals surface area contributed by atoms with E-state index in [1.165, 1.54) is 0 Å². The number of halogens is 1. The molecule has 0 aliphatic heterocycles. The molecule has 16 heavy (non-hydrogen) atoms. The van der Waals surface area contributed by atoms with E-state index in [2.05, 4.69) is 4.98 Å². The van der Waals surface area contributed by atoms with Crippen LogP contribution in [0.1, 0.15) is 5.56 Å². The number of H-pyrrole nitrogens is 1. The number of pyridine rings is 1. The summed E-state index contributed by atoms with van der Waals surface area (Å²) in [6.45, 7) is 0. The number of hydrogen-bond donors (Lipinski definition) is 1. The second kappa shape index (κ2) is 3.61. The van der Waals surface area contributed by atoms with E-state index in [-0.39, 0.29) is 5.56 Å². The average molecular weight is 250 g/mol. The Hall–Kier alpha value is -1.32. The van der Waals surface area contributed by atoms with Crippen molar-refractivity contribution in [2.24, 2.45) is 0 Å². The van der Waals surface area contributed by atoms with Gasteiger partial charge in [0, 0.05) is 16.0 Å². The fraction of sp³-hybridized carbons (Fsp3) is 0.0833. The second-order valence-electron chi connectivity index (χ2n) is 3.63. The van der Waals surface area contributed by atoms with Crippen LogP contribution in [0.15, 0.2) is 34.4 Å². The van der Waals surface area contributed by atoms with Crippen molar-refractivity contribution in [3.63, 3.8) is 0 Å². The number of aromatic nitrogens is 1. The predicted molar refractivity (Wildman–Crippen MR) is 69.5 cm³/mol. The highest BCUT2D eigenvalue weighted by molar-refractivity contribution is 7.18. The van der Waals surface area contributed by atoms with Gasteiger partial charge in [-0.3, -0.25) is 4.79 Å². The molecule has 0 atom stereocenters. The van der Waals surface area contributed by atoms with Crippen LogP contribution in [0.25, 0.3) is 21.0 Å². The first-order valence-corrected chi connectivity index (χ1v) is 6.29. The highest BCUT2D eigenvalue weighted by Gasteiger charge is 2.06. The fourth-order valence-corrected chi connectivity index (χ4v) is 2.96. The van der Waals surface area contributed by atoms with Crippen LogP contribution in [0.4, 0.5) is 0 Å². The van der Waals surface area contributed by atoms with Crippen LogP contribution in [0.2, 0.25) is 0 Å². The molecule has 0 radical (unpaired) electrons. The quantitative estimate of drug-likeness (QED) is 0.658. The Morgan fingerprint density at radius 3 is 2.94 bits per heavy atom. The van der Waals surface area contributed by atoms with Gasteiger partial charge in [0.15, 0.2) is 0 Å². The van der Waals surface area contributed by atoms with Gasteiger partial charge in [-0.25, -0.2) is 0 Å². The molecule has 2 nitrogen and oxygen atoms in total. The fourth-order valence-electron chi connectivity index (χ4n) is 1.86. The molecule has 3 aromatic rings. The minimum atomic E-state index is -0.0320. The third-order valence-electron chi connectivity index (χ3n) is 2.64. The predicted octanol–water partition coefficient (Wildman–Crippen LogP) is 3.48. The summed E-state index contributed by atoms with van der Waals surface area (Å²) < 4.78 is 1.04. The number of hydrogen-bond acceptors (Lipinski definition) is 2. The Morgan fingerprint density at radius 1 is 1.25 bits per heavy atom. The standard InChI is InChI=1S/C12H8ClNOS/c13-6-7-1-2-8-10(5-7)14-12(15)9-3-4-16-11(8)9/h1-5H,6H2,(H,14,15). The number of alkyl halides is 1. The van der Waals surface area contributed by atoms with E-state index in [0.29, 0.717) is 5.88 Å². The monoisotopic (exact) mass is 249 g/mol. The zero-order valence-corrected chi connectivity index (χ0v) is 9.86. The minimum absolute atomic E-state index is 0.0320. The summed E-state index contributed by atoms with van der Waals surface area (Å²) in [7, 11) is 0. The molecule has 1 N–H and O–H groups in total. The normalized spacial score (nSPS) is 11.3. The molecule has 0 bridgehead atoms. The lowest BCUT2D eigenvalue weighted by Crippen LogP contribution is -2.04. The van der Waals surface area contributed by atoms with Crippen molar-refractivity contribution in [1.29, 1.82) is 0 Å². The molecule has 4 heteroatoms. The third kappa shape index (κ3) is 1.36. The first kappa shape index (κ1) is 9.87. The Balaban J connectivity index is 2.53. The molecule has 0 unspecified atom stereocenters. The first-order valence-electron chi connectivity index (χ1n) is 4.87. The van der Waals surface area contributed by atoms with Crippen LogP contribution in [0.5, 0.6) is 0 Å². The van der Waals surface area contributed by atoms with Crippen LogP contribution in [-0.4, -0.2) is 4.98 Å². The van der Waals surface area contributed by atoms with Crippen molar-refractivity contribution in [3.05, 3.63) is 45.6 Å². The number of fused-ring (bicyclic) bond motifs is 3. The smallest absolute Gasteiger partial charge is 0.257 e. The number of benzene rings is 1. The highest BCUT2D eigenvalue weighted by atomic mass is 35.5. The maximum Gasteiger partial charge on any atom is 0.257 e. The van der Waals surface area contributed by atoms with E-state index in [1.54, 1.807) is 11.3 Å². The Kier molecular flexibility index (Phi) is 2.23. The number of rotatable bonds is 1. The van der Waals surface area contributed by atoms with Gasteiger partial charge < -0.3 is 4.98 Å². The van der Waals surface area contributed by atoms with Crippen LogP contribution in [0, 0.1) is 0 Å². The van der Waals surface area contributed by atoms with Crippen LogP contribution in [-0.2, 0) is 5.88 Å². The molecule has 0 amide bonds. The summed E-state index contributed by atoms with van der Waals surface area (Å²) in [4.78, 5) is 14.7. The van der Waals surface area contributed by atoms with Gasteiger partial charge in [-0.2, -0.15) is 0 Å². The van der Waals surface area contributed by atoms with Crippen molar-refractivity contribution < 1.29 is 0 Å². The van der Waals surface area contributed by atoms with Crippen LogP contribution in [0.3, 0.4) is 0 Å². The SMILES string of the molecule is O=c1[nH]c2cc(CCl)ccc2c2sccc12. The summed E-state index contributed by atoms with van der Waals surface area (Å²) in [5.74, 6) is 0.459. The van der Waals surface area contributed by atoms with E-state index >= 15 is 0 Å². The number of thiophene rings is 1. The molecule has 0 saturated heterocycles. The van der Waals surface area contributed by atoms with Crippen molar-refractivity contribution >= 4 is 43.9 Å². The van der Waals surface area contributed by atoms with Gasteiger partial charge in [0.05, 0.1) is 10.9 Å². The molecule has 0 aliphatic rings. The topological polar surface area (TPSA) is 32.9 Å². The number of aromatic amines is 1. The minimum Gasteiger partial charge on any atom is -0.321 e. The Bertz CT molecular complexity index is 729. The Labute approximate surface area is 100 Å². The molecule has 2 heterocycles.